The van der Waals surface area contributed by atoms with Gasteiger partial charge in [0.05, 0.1) is 7.11 Å². The normalized spacial score (nSPS) is 10.6. The van der Waals surface area contributed by atoms with Gasteiger partial charge in [-0.25, -0.2) is 4.98 Å². The molecule has 1 N–H and O–H groups in total. The molecule has 0 atom stereocenters. The van der Waals surface area contributed by atoms with Gasteiger partial charge in [-0.2, -0.15) is 0 Å². The maximum atomic E-state index is 12.4. The fourth-order valence-corrected chi connectivity index (χ4v) is 3.56. The number of thiazole rings is 1. The zero-order chi connectivity index (χ0) is 18.6. The monoisotopic (exact) mass is 376 g/mol. The molecular formula is C21H16N2O3S. The first kappa shape index (κ1) is 17.1. The van der Waals surface area contributed by atoms with Crippen molar-refractivity contribution in [2.75, 3.05) is 12.4 Å². The van der Waals surface area contributed by atoms with Crippen LogP contribution < -0.4 is 14.8 Å². The van der Waals surface area contributed by atoms with Gasteiger partial charge in [0, 0.05) is 5.56 Å². The molecule has 0 saturated carbocycles. The van der Waals surface area contributed by atoms with Crippen molar-refractivity contribution in [3.05, 3.63) is 78.4 Å². The third-order valence-corrected chi connectivity index (χ3v) is 4.90. The number of methoxy groups -OCH3 is 1. The molecule has 0 aliphatic carbocycles. The number of hydrogen-bond acceptors (Lipinski definition) is 5. The molecule has 4 aromatic rings. The number of nitrogens with one attached hydrogen (secondary N) is 1. The first-order chi connectivity index (χ1) is 13.2. The SMILES string of the molecule is COc1ccc(Oc2ccccc2)c2sc(NC(=O)c3ccccc3)nc12. The van der Waals surface area contributed by atoms with Crippen LogP contribution >= 0.6 is 11.3 Å². The lowest BCUT2D eigenvalue weighted by molar-refractivity contribution is 0.102. The summed E-state index contributed by atoms with van der Waals surface area (Å²) in [6.07, 6.45) is 0. The molecule has 1 amide bonds. The fraction of sp³-hybridized carbons (Fsp3) is 0.0476. The lowest BCUT2D eigenvalue weighted by Gasteiger charge is -2.07. The number of nitrogens with zero attached hydrogens (tertiary/aromatic N) is 1. The summed E-state index contributed by atoms with van der Waals surface area (Å²) in [7, 11) is 1.59. The minimum atomic E-state index is -0.209. The first-order valence-electron chi connectivity index (χ1n) is 8.31. The molecule has 1 aromatic heterocycles. The Morgan fingerprint density at radius 3 is 2.30 bits per heavy atom. The number of anilines is 1. The Labute approximate surface area is 160 Å². The van der Waals surface area contributed by atoms with Crippen molar-refractivity contribution in [2.24, 2.45) is 0 Å². The molecule has 5 nitrogen and oxygen atoms in total. The minimum absolute atomic E-state index is 0.209. The minimum Gasteiger partial charge on any atom is -0.494 e. The lowest BCUT2D eigenvalue weighted by atomic mass is 10.2. The number of rotatable bonds is 5. The number of amides is 1. The van der Waals surface area contributed by atoms with Crippen LogP contribution in [0.2, 0.25) is 0 Å². The van der Waals surface area contributed by atoms with Gasteiger partial charge in [-0.3, -0.25) is 10.1 Å². The van der Waals surface area contributed by atoms with Crippen LogP contribution in [-0.2, 0) is 0 Å². The number of aromatic nitrogens is 1. The number of carbonyl (C=O) groups is 1. The van der Waals surface area contributed by atoms with Crippen LogP contribution in [0.5, 0.6) is 17.2 Å². The van der Waals surface area contributed by atoms with Crippen LogP contribution in [0.25, 0.3) is 10.2 Å². The van der Waals surface area contributed by atoms with Gasteiger partial charge in [-0.15, -0.1) is 0 Å². The van der Waals surface area contributed by atoms with E-state index in [-0.39, 0.29) is 5.91 Å². The second-order valence-corrected chi connectivity index (χ2v) is 6.70. The van der Waals surface area contributed by atoms with Crippen molar-refractivity contribution in [3.63, 3.8) is 0 Å². The third-order valence-electron chi connectivity index (χ3n) is 3.92. The summed E-state index contributed by atoms with van der Waals surface area (Å²) in [5.41, 5.74) is 1.23. The molecule has 0 aliphatic heterocycles. The molecule has 134 valence electrons. The van der Waals surface area contributed by atoms with Gasteiger partial charge < -0.3 is 9.47 Å². The van der Waals surface area contributed by atoms with Gasteiger partial charge in [0.1, 0.15) is 27.5 Å². The Balaban J connectivity index is 1.69. The van der Waals surface area contributed by atoms with Gasteiger partial charge in [-0.1, -0.05) is 47.7 Å². The molecule has 27 heavy (non-hydrogen) atoms. The highest BCUT2D eigenvalue weighted by atomic mass is 32.1. The van der Waals surface area contributed by atoms with E-state index in [0.29, 0.717) is 27.7 Å². The van der Waals surface area contributed by atoms with Gasteiger partial charge in [0.15, 0.2) is 5.13 Å². The summed E-state index contributed by atoms with van der Waals surface area (Å²) in [6.45, 7) is 0. The number of ether oxygens (including phenoxy) is 2. The number of carbonyl (C=O) groups excluding carboxylic acids is 1. The van der Waals surface area contributed by atoms with Gasteiger partial charge in [0.2, 0.25) is 0 Å². The maximum Gasteiger partial charge on any atom is 0.257 e. The van der Waals surface area contributed by atoms with Crippen molar-refractivity contribution >= 4 is 32.6 Å². The second kappa shape index (κ2) is 7.47. The number of benzene rings is 3. The molecule has 0 spiro atoms. The highest BCUT2D eigenvalue weighted by Gasteiger charge is 2.16. The van der Waals surface area contributed by atoms with Crippen LogP contribution in [0.15, 0.2) is 72.8 Å². The zero-order valence-electron chi connectivity index (χ0n) is 14.5. The summed E-state index contributed by atoms with van der Waals surface area (Å²) < 4.78 is 12.2. The van der Waals surface area contributed by atoms with E-state index in [1.54, 1.807) is 19.2 Å². The van der Waals surface area contributed by atoms with Crippen LogP contribution in [0.4, 0.5) is 5.13 Å². The van der Waals surface area contributed by atoms with E-state index in [1.165, 1.54) is 11.3 Å². The maximum absolute atomic E-state index is 12.4. The molecule has 0 aliphatic rings. The van der Waals surface area contributed by atoms with Gasteiger partial charge in [0.25, 0.3) is 5.91 Å². The van der Waals surface area contributed by atoms with Crippen LogP contribution in [0, 0.1) is 0 Å². The number of para-hydroxylation sites is 1. The molecule has 0 bridgehead atoms. The summed E-state index contributed by atoms with van der Waals surface area (Å²) in [5, 5.41) is 3.33. The molecule has 1 heterocycles. The largest absolute Gasteiger partial charge is 0.494 e. The van der Waals surface area contributed by atoms with Crippen LogP contribution in [0.1, 0.15) is 10.4 Å². The first-order valence-corrected chi connectivity index (χ1v) is 9.13. The topological polar surface area (TPSA) is 60.5 Å². The molecule has 0 saturated heterocycles. The molecule has 0 unspecified atom stereocenters. The fourth-order valence-electron chi connectivity index (χ4n) is 2.63. The summed E-state index contributed by atoms with van der Waals surface area (Å²) in [5.74, 6) is 1.81. The van der Waals surface area contributed by atoms with Crippen molar-refractivity contribution in [1.82, 2.24) is 4.98 Å². The highest BCUT2D eigenvalue weighted by Crippen LogP contribution is 2.40. The summed E-state index contributed by atoms with van der Waals surface area (Å²) in [4.78, 5) is 16.9. The molecule has 4 rings (SSSR count). The van der Waals surface area contributed by atoms with E-state index in [0.717, 1.165) is 10.4 Å². The summed E-state index contributed by atoms with van der Waals surface area (Å²) >= 11 is 1.35. The Morgan fingerprint density at radius 2 is 1.59 bits per heavy atom. The van der Waals surface area contributed by atoms with E-state index in [4.69, 9.17) is 9.47 Å². The average Bonchev–Trinajstić information content (AvgIpc) is 3.14. The quantitative estimate of drug-likeness (QED) is 0.510. The van der Waals surface area contributed by atoms with Gasteiger partial charge >= 0.3 is 0 Å². The Hall–Kier alpha value is -3.38. The van der Waals surface area contributed by atoms with Crippen LogP contribution in [0.3, 0.4) is 0 Å². The van der Waals surface area contributed by atoms with Crippen LogP contribution in [-0.4, -0.2) is 18.0 Å². The highest BCUT2D eigenvalue weighted by molar-refractivity contribution is 7.22. The van der Waals surface area contributed by atoms with Crippen molar-refractivity contribution in [1.29, 1.82) is 0 Å². The smallest absolute Gasteiger partial charge is 0.257 e. The van der Waals surface area contributed by atoms with E-state index in [2.05, 4.69) is 10.3 Å². The Kier molecular flexibility index (Phi) is 4.72. The predicted molar refractivity (Wildman–Crippen MR) is 107 cm³/mol. The Bertz CT molecular complexity index is 1080. The number of hydrogen-bond donors (Lipinski definition) is 1. The van der Waals surface area contributed by atoms with Crippen molar-refractivity contribution < 1.29 is 14.3 Å². The summed E-state index contributed by atoms with van der Waals surface area (Å²) in [6, 6.07) is 22.2. The van der Waals surface area contributed by atoms with Gasteiger partial charge in [-0.05, 0) is 36.4 Å². The third kappa shape index (κ3) is 3.61. The van der Waals surface area contributed by atoms with Crippen molar-refractivity contribution in [2.45, 2.75) is 0 Å². The van der Waals surface area contributed by atoms with E-state index in [1.807, 2.05) is 60.7 Å². The molecule has 0 fully saturated rings. The van der Waals surface area contributed by atoms with Crippen molar-refractivity contribution in [3.8, 4) is 17.2 Å². The van der Waals surface area contributed by atoms with E-state index < -0.39 is 0 Å². The predicted octanol–water partition coefficient (Wildman–Crippen LogP) is 5.35. The zero-order valence-corrected chi connectivity index (χ0v) is 15.3. The Morgan fingerprint density at radius 1 is 0.926 bits per heavy atom. The second-order valence-electron chi connectivity index (χ2n) is 5.70. The molecule has 6 heteroatoms. The number of fused-ring (bicyclic) bond motifs is 1. The molecular weight excluding hydrogens is 360 g/mol. The van der Waals surface area contributed by atoms with E-state index >= 15 is 0 Å². The standard InChI is InChI=1S/C21H16N2O3S/c1-25-16-12-13-17(26-15-10-6-3-7-11-15)19-18(16)22-21(27-19)23-20(24)14-8-4-2-5-9-14/h2-13H,1H3,(H,22,23,24). The average molecular weight is 376 g/mol. The van der Waals surface area contributed by atoms with E-state index in [9.17, 15) is 4.79 Å². The molecule has 0 radical (unpaired) electrons. The lowest BCUT2D eigenvalue weighted by Crippen LogP contribution is -2.11. The molecule has 3 aromatic carbocycles.